The van der Waals surface area contributed by atoms with Gasteiger partial charge in [0, 0.05) is 13.2 Å². The molecule has 3 heteroatoms. The zero-order valence-corrected chi connectivity index (χ0v) is 15.8. The second-order valence-electron chi connectivity index (χ2n) is 6.50. The Hall–Kier alpha value is -2.70. The molecule has 0 radical (unpaired) electrons. The van der Waals surface area contributed by atoms with Crippen LogP contribution >= 0.6 is 7.26 Å². The highest BCUT2D eigenvalue weighted by atomic mass is 31.2. The van der Waals surface area contributed by atoms with E-state index in [-0.39, 0.29) is 0 Å². The largest absolute Gasteiger partial charge is 0.340 e. The fraction of sp³-hybridized carbons (Fsp3) is 0.0870. The van der Waals surface area contributed by atoms with E-state index >= 15 is 0 Å². The fourth-order valence-corrected chi connectivity index (χ4v) is 7.69. The van der Waals surface area contributed by atoms with Crippen LogP contribution in [-0.4, -0.2) is 9.55 Å². The molecule has 26 heavy (non-hydrogen) atoms. The molecule has 1 aromatic heterocycles. The molecular formula is C23H22N2P+. The maximum atomic E-state index is 4.67. The highest BCUT2D eigenvalue weighted by molar-refractivity contribution is 7.95. The Labute approximate surface area is 155 Å². The molecule has 0 fully saturated rings. The van der Waals surface area contributed by atoms with Gasteiger partial charge >= 0.3 is 0 Å². The smallest absolute Gasteiger partial charge is 0.118 e. The number of rotatable bonds is 5. The van der Waals surface area contributed by atoms with Crippen molar-refractivity contribution in [2.75, 3.05) is 0 Å². The summed E-state index contributed by atoms with van der Waals surface area (Å²) in [5.41, 5.74) is 1.14. The van der Waals surface area contributed by atoms with Crippen molar-refractivity contribution in [3.05, 3.63) is 109 Å². The van der Waals surface area contributed by atoms with E-state index < -0.39 is 7.26 Å². The molecule has 0 amide bonds. The normalized spacial score (nSPS) is 11.4. The van der Waals surface area contributed by atoms with E-state index in [1.165, 1.54) is 15.9 Å². The van der Waals surface area contributed by atoms with Crippen molar-refractivity contribution in [3.63, 3.8) is 0 Å². The van der Waals surface area contributed by atoms with E-state index in [9.17, 15) is 0 Å². The molecule has 0 aliphatic heterocycles. The van der Waals surface area contributed by atoms with Gasteiger partial charge < -0.3 is 4.57 Å². The molecule has 3 aromatic carbocycles. The Bertz CT molecular complexity index is 866. The second kappa shape index (κ2) is 7.27. The van der Waals surface area contributed by atoms with Crippen LogP contribution < -0.4 is 15.9 Å². The van der Waals surface area contributed by atoms with Crippen LogP contribution in [0.5, 0.6) is 0 Å². The number of benzene rings is 3. The van der Waals surface area contributed by atoms with E-state index in [1.54, 1.807) is 0 Å². The fourth-order valence-electron chi connectivity index (χ4n) is 3.56. The summed E-state index contributed by atoms with van der Waals surface area (Å²) in [5.74, 6) is 0. The molecule has 2 nitrogen and oxygen atoms in total. The minimum atomic E-state index is -1.84. The molecule has 0 unspecified atom stereocenters. The molecular weight excluding hydrogens is 335 g/mol. The number of aryl methyl sites for hydroxylation is 1. The van der Waals surface area contributed by atoms with Crippen molar-refractivity contribution in [2.24, 2.45) is 7.05 Å². The molecule has 0 N–H and O–H groups in total. The lowest BCUT2D eigenvalue weighted by molar-refractivity contribution is 0.913. The van der Waals surface area contributed by atoms with Crippen LogP contribution in [0.25, 0.3) is 0 Å². The summed E-state index contributed by atoms with van der Waals surface area (Å²) < 4.78 is 2.03. The zero-order valence-electron chi connectivity index (χ0n) is 14.9. The summed E-state index contributed by atoms with van der Waals surface area (Å²) in [6.45, 7) is 0. The minimum Gasteiger partial charge on any atom is -0.340 e. The molecule has 0 atom stereocenters. The summed E-state index contributed by atoms with van der Waals surface area (Å²) in [7, 11) is 0.194. The lowest BCUT2D eigenvalue weighted by atomic mass is 10.4. The van der Waals surface area contributed by atoms with Gasteiger partial charge in [-0.25, -0.2) is 4.98 Å². The second-order valence-corrected chi connectivity index (χ2v) is 9.99. The number of nitrogens with zero attached hydrogens (tertiary/aromatic N) is 2. The predicted molar refractivity (Wildman–Crippen MR) is 112 cm³/mol. The first kappa shape index (κ1) is 16.8. The lowest BCUT2D eigenvalue weighted by Gasteiger charge is -2.27. The first-order valence-electron chi connectivity index (χ1n) is 8.81. The quantitative estimate of drug-likeness (QED) is 0.495. The summed E-state index contributed by atoms with van der Waals surface area (Å²) in [6, 6.07) is 32.8. The average Bonchev–Trinajstić information content (AvgIpc) is 3.13. The summed E-state index contributed by atoms with van der Waals surface area (Å²) in [5, 5.41) is 4.18. The molecule has 0 bridgehead atoms. The minimum absolute atomic E-state index is 0.922. The number of imidazole rings is 1. The average molecular weight is 357 g/mol. The predicted octanol–water partition coefficient (Wildman–Crippen LogP) is 3.91. The van der Waals surface area contributed by atoms with Gasteiger partial charge in [-0.2, -0.15) is 0 Å². The van der Waals surface area contributed by atoms with Gasteiger partial charge in [0.1, 0.15) is 29.3 Å². The van der Waals surface area contributed by atoms with Gasteiger partial charge in [0.15, 0.2) is 0 Å². The summed E-state index contributed by atoms with van der Waals surface area (Å²) in [4.78, 5) is 4.67. The van der Waals surface area contributed by atoms with Gasteiger partial charge in [0.2, 0.25) is 0 Å². The van der Waals surface area contributed by atoms with Gasteiger partial charge in [-0.1, -0.05) is 54.6 Å². The van der Waals surface area contributed by atoms with Crippen LogP contribution in [0.3, 0.4) is 0 Å². The van der Waals surface area contributed by atoms with Crippen LogP contribution in [0.15, 0.2) is 104 Å². The molecule has 0 aliphatic rings. The van der Waals surface area contributed by atoms with Gasteiger partial charge in [0.25, 0.3) is 0 Å². The molecule has 4 aromatic rings. The van der Waals surface area contributed by atoms with Crippen molar-refractivity contribution in [2.45, 2.75) is 6.16 Å². The molecule has 0 spiro atoms. The van der Waals surface area contributed by atoms with Crippen molar-refractivity contribution < 1.29 is 0 Å². The van der Waals surface area contributed by atoms with Crippen LogP contribution in [0, 0.1) is 0 Å². The lowest BCUT2D eigenvalue weighted by Crippen LogP contribution is -2.32. The third-order valence-electron chi connectivity index (χ3n) is 4.75. The molecule has 1 heterocycles. The Kier molecular flexibility index (Phi) is 4.69. The standard InChI is InChI=1S/C23H22N2P/c1-25-17-20(24-19-25)18-26(21-11-5-2-6-12-21,22-13-7-3-8-14-22)23-15-9-4-10-16-23/h2-17,19H,18H2,1H3/q+1. The summed E-state index contributed by atoms with van der Waals surface area (Å²) in [6.07, 6.45) is 4.96. The number of aromatic nitrogens is 2. The SMILES string of the molecule is Cn1cnc(C[P+](c2ccccc2)(c2ccccc2)c2ccccc2)c1. The van der Waals surface area contributed by atoms with Crippen molar-refractivity contribution in [1.29, 1.82) is 0 Å². The highest BCUT2D eigenvalue weighted by Crippen LogP contribution is 2.57. The van der Waals surface area contributed by atoms with Crippen molar-refractivity contribution in [3.8, 4) is 0 Å². The van der Waals surface area contributed by atoms with Gasteiger partial charge in [-0.3, -0.25) is 0 Å². The van der Waals surface area contributed by atoms with Crippen LogP contribution in [-0.2, 0) is 13.2 Å². The Morgan fingerprint density at radius 3 is 1.46 bits per heavy atom. The monoisotopic (exact) mass is 357 g/mol. The molecule has 0 aliphatic carbocycles. The topological polar surface area (TPSA) is 17.8 Å². The Morgan fingerprint density at radius 2 is 1.12 bits per heavy atom. The maximum absolute atomic E-state index is 4.67. The van der Waals surface area contributed by atoms with E-state index in [2.05, 4.69) is 102 Å². The van der Waals surface area contributed by atoms with Crippen molar-refractivity contribution >= 4 is 23.2 Å². The summed E-state index contributed by atoms with van der Waals surface area (Å²) >= 11 is 0. The maximum Gasteiger partial charge on any atom is 0.118 e. The van der Waals surface area contributed by atoms with E-state index in [0.29, 0.717) is 0 Å². The Morgan fingerprint density at radius 1 is 0.692 bits per heavy atom. The van der Waals surface area contributed by atoms with E-state index in [1.807, 2.05) is 17.9 Å². The van der Waals surface area contributed by atoms with E-state index in [0.717, 1.165) is 11.9 Å². The van der Waals surface area contributed by atoms with Crippen molar-refractivity contribution in [1.82, 2.24) is 9.55 Å². The van der Waals surface area contributed by atoms with Gasteiger partial charge in [-0.05, 0) is 36.4 Å². The van der Waals surface area contributed by atoms with Crippen LogP contribution in [0.2, 0.25) is 0 Å². The molecule has 4 rings (SSSR count). The van der Waals surface area contributed by atoms with Gasteiger partial charge in [0.05, 0.1) is 12.0 Å². The van der Waals surface area contributed by atoms with E-state index in [4.69, 9.17) is 0 Å². The molecule has 0 saturated carbocycles. The first-order chi connectivity index (χ1) is 12.8. The third-order valence-corrected chi connectivity index (χ3v) is 9.09. The number of hydrogen-bond donors (Lipinski definition) is 0. The third kappa shape index (κ3) is 3.09. The Balaban J connectivity index is 2.00. The first-order valence-corrected chi connectivity index (χ1v) is 10.8. The number of hydrogen-bond acceptors (Lipinski definition) is 1. The van der Waals surface area contributed by atoms with Crippen LogP contribution in [0.4, 0.5) is 0 Å². The highest BCUT2D eigenvalue weighted by Gasteiger charge is 2.45. The molecule has 128 valence electrons. The van der Waals surface area contributed by atoms with Crippen LogP contribution in [0.1, 0.15) is 5.69 Å². The molecule has 0 saturated heterocycles. The van der Waals surface area contributed by atoms with Gasteiger partial charge in [-0.15, -0.1) is 0 Å². The zero-order chi connectivity index (χ0) is 17.8.